The Kier molecular flexibility index (Phi) is 9.50. The van der Waals surface area contributed by atoms with Gasteiger partial charge in [0.1, 0.15) is 6.61 Å². The maximum absolute atomic E-state index is 12.0. The summed E-state index contributed by atoms with van der Waals surface area (Å²) < 4.78 is 10.7. The van der Waals surface area contributed by atoms with Crippen LogP contribution in [0.4, 0.5) is 4.79 Å². The van der Waals surface area contributed by atoms with Gasteiger partial charge in [-0.1, -0.05) is 31.2 Å². The lowest BCUT2D eigenvalue weighted by Gasteiger charge is -2.31. The second-order valence-electron chi connectivity index (χ2n) is 7.21. The Morgan fingerprint density at radius 3 is 2.75 bits per heavy atom. The Morgan fingerprint density at radius 1 is 1.25 bits per heavy atom. The predicted molar refractivity (Wildman–Crippen MR) is 112 cm³/mol. The zero-order valence-electron chi connectivity index (χ0n) is 17.1. The lowest BCUT2D eigenvalue weighted by atomic mass is 9.94. The second-order valence-corrected chi connectivity index (χ2v) is 7.21. The summed E-state index contributed by atoms with van der Waals surface area (Å²) in [5.41, 5.74) is 0.917. The van der Waals surface area contributed by atoms with E-state index in [4.69, 9.17) is 15.9 Å². The standard InChI is InChI=1S/C22H33N3O3/c1-4-15-28-21-16-18(11-12-20(21)27-3)17-24-22(26)23-13-8-14-25(2)19-9-6-5-7-10-19/h1,11-12,16,19H,5-10,13-15,17H2,2-3H3,(H2,23,24,26). The minimum absolute atomic E-state index is 0.165. The first kappa shape index (κ1) is 21.9. The van der Waals surface area contributed by atoms with Crippen molar-refractivity contribution in [3.8, 4) is 23.8 Å². The molecule has 1 aromatic rings. The molecule has 6 nitrogen and oxygen atoms in total. The van der Waals surface area contributed by atoms with Crippen LogP contribution >= 0.6 is 0 Å². The Labute approximate surface area is 169 Å². The Hall–Kier alpha value is -2.39. The van der Waals surface area contributed by atoms with Crippen molar-refractivity contribution in [2.24, 2.45) is 0 Å². The average Bonchev–Trinajstić information content (AvgIpc) is 2.74. The maximum Gasteiger partial charge on any atom is 0.315 e. The van der Waals surface area contributed by atoms with Crippen LogP contribution in [0, 0.1) is 12.3 Å². The van der Waals surface area contributed by atoms with E-state index >= 15 is 0 Å². The number of amides is 2. The van der Waals surface area contributed by atoms with E-state index in [2.05, 4.69) is 28.5 Å². The Balaban J connectivity index is 1.67. The summed E-state index contributed by atoms with van der Waals surface area (Å²) in [4.78, 5) is 14.5. The third-order valence-electron chi connectivity index (χ3n) is 5.16. The number of nitrogens with zero attached hydrogens (tertiary/aromatic N) is 1. The van der Waals surface area contributed by atoms with Crippen molar-refractivity contribution in [3.63, 3.8) is 0 Å². The zero-order valence-corrected chi connectivity index (χ0v) is 17.1. The summed E-state index contributed by atoms with van der Waals surface area (Å²) in [6.07, 6.45) is 12.9. The highest BCUT2D eigenvalue weighted by Gasteiger charge is 2.17. The fourth-order valence-corrected chi connectivity index (χ4v) is 3.54. The topological polar surface area (TPSA) is 62.8 Å². The monoisotopic (exact) mass is 387 g/mol. The van der Waals surface area contributed by atoms with Crippen molar-refractivity contribution < 1.29 is 14.3 Å². The van der Waals surface area contributed by atoms with Crippen LogP contribution < -0.4 is 20.1 Å². The fourth-order valence-electron chi connectivity index (χ4n) is 3.54. The molecule has 0 aromatic heterocycles. The van der Waals surface area contributed by atoms with Gasteiger partial charge >= 0.3 is 6.03 Å². The average molecular weight is 388 g/mol. The molecule has 1 aliphatic rings. The molecule has 1 fully saturated rings. The van der Waals surface area contributed by atoms with Gasteiger partial charge in [0.05, 0.1) is 7.11 Å². The molecular formula is C22H33N3O3. The number of carbonyl (C=O) groups excluding carboxylic acids is 1. The minimum atomic E-state index is -0.165. The van der Waals surface area contributed by atoms with Gasteiger partial charge in [-0.2, -0.15) is 0 Å². The molecule has 1 aromatic carbocycles. The molecule has 0 aliphatic heterocycles. The number of nitrogens with one attached hydrogen (secondary N) is 2. The molecule has 0 saturated heterocycles. The molecule has 1 aliphatic carbocycles. The summed E-state index contributed by atoms with van der Waals surface area (Å²) in [5, 5.41) is 5.79. The predicted octanol–water partition coefficient (Wildman–Crippen LogP) is 3.16. The van der Waals surface area contributed by atoms with Crippen molar-refractivity contribution in [1.29, 1.82) is 0 Å². The van der Waals surface area contributed by atoms with Crippen molar-refractivity contribution >= 4 is 6.03 Å². The number of hydrogen-bond donors (Lipinski definition) is 2. The summed E-state index contributed by atoms with van der Waals surface area (Å²) in [5.74, 6) is 3.62. The van der Waals surface area contributed by atoms with E-state index in [0.717, 1.165) is 18.5 Å². The van der Waals surface area contributed by atoms with Gasteiger partial charge in [-0.3, -0.25) is 0 Å². The maximum atomic E-state index is 12.0. The van der Waals surface area contributed by atoms with Crippen LogP contribution in [-0.4, -0.2) is 50.8 Å². The quantitative estimate of drug-likeness (QED) is 0.478. The van der Waals surface area contributed by atoms with Crippen LogP contribution in [0.3, 0.4) is 0 Å². The van der Waals surface area contributed by atoms with Gasteiger partial charge in [-0.15, -0.1) is 6.42 Å². The summed E-state index contributed by atoms with van der Waals surface area (Å²) in [6, 6.07) is 6.07. The van der Waals surface area contributed by atoms with Crippen LogP contribution in [-0.2, 0) is 6.54 Å². The van der Waals surface area contributed by atoms with Gasteiger partial charge in [-0.05, 0) is 50.6 Å². The lowest BCUT2D eigenvalue weighted by Crippen LogP contribution is -2.38. The molecule has 0 radical (unpaired) electrons. The molecule has 0 heterocycles. The first-order valence-electron chi connectivity index (χ1n) is 10.1. The molecule has 6 heteroatoms. The molecule has 154 valence electrons. The number of methoxy groups -OCH3 is 1. The molecule has 2 amide bonds. The van der Waals surface area contributed by atoms with E-state index in [1.54, 1.807) is 7.11 Å². The number of ether oxygens (including phenoxy) is 2. The molecule has 2 rings (SSSR count). The molecule has 28 heavy (non-hydrogen) atoms. The highest BCUT2D eigenvalue weighted by Crippen LogP contribution is 2.28. The first-order valence-corrected chi connectivity index (χ1v) is 10.1. The highest BCUT2D eigenvalue weighted by molar-refractivity contribution is 5.73. The van der Waals surface area contributed by atoms with Gasteiger partial charge in [0.15, 0.2) is 11.5 Å². The van der Waals surface area contributed by atoms with Gasteiger partial charge in [0.25, 0.3) is 0 Å². The third-order valence-corrected chi connectivity index (χ3v) is 5.16. The number of terminal acetylenes is 1. The lowest BCUT2D eigenvalue weighted by molar-refractivity contribution is 0.189. The fraction of sp³-hybridized carbons (Fsp3) is 0.591. The number of benzene rings is 1. The molecule has 2 N–H and O–H groups in total. The van der Waals surface area contributed by atoms with E-state index in [1.165, 1.54) is 32.1 Å². The Morgan fingerprint density at radius 2 is 2.04 bits per heavy atom. The first-order chi connectivity index (χ1) is 13.6. The van der Waals surface area contributed by atoms with Crippen molar-refractivity contribution in [3.05, 3.63) is 23.8 Å². The summed E-state index contributed by atoms with van der Waals surface area (Å²) in [6.45, 7) is 2.26. The van der Waals surface area contributed by atoms with E-state index in [-0.39, 0.29) is 12.6 Å². The van der Waals surface area contributed by atoms with Crippen LogP contribution in [0.25, 0.3) is 0 Å². The van der Waals surface area contributed by atoms with Crippen molar-refractivity contribution in [2.75, 3.05) is 33.9 Å². The SMILES string of the molecule is C#CCOc1cc(CNC(=O)NCCCN(C)C2CCCCC2)ccc1OC. The van der Waals surface area contributed by atoms with Gasteiger partial charge in [0.2, 0.25) is 0 Å². The normalized spacial score (nSPS) is 14.4. The minimum Gasteiger partial charge on any atom is -0.493 e. The van der Waals surface area contributed by atoms with Crippen LogP contribution in [0.2, 0.25) is 0 Å². The highest BCUT2D eigenvalue weighted by atomic mass is 16.5. The van der Waals surface area contributed by atoms with Crippen LogP contribution in [0.5, 0.6) is 11.5 Å². The van der Waals surface area contributed by atoms with Crippen molar-refractivity contribution in [1.82, 2.24) is 15.5 Å². The number of urea groups is 1. The smallest absolute Gasteiger partial charge is 0.315 e. The van der Waals surface area contributed by atoms with Crippen LogP contribution in [0.15, 0.2) is 18.2 Å². The van der Waals surface area contributed by atoms with Gasteiger partial charge in [0, 0.05) is 19.1 Å². The van der Waals surface area contributed by atoms with Crippen molar-refractivity contribution in [2.45, 2.75) is 51.1 Å². The number of hydrogen-bond acceptors (Lipinski definition) is 4. The number of carbonyl (C=O) groups is 1. The van der Waals surface area contributed by atoms with E-state index in [1.807, 2.05) is 18.2 Å². The molecule has 0 unspecified atom stereocenters. The van der Waals surface area contributed by atoms with E-state index < -0.39 is 0 Å². The van der Waals surface area contributed by atoms with Gasteiger partial charge < -0.3 is 25.0 Å². The molecule has 1 saturated carbocycles. The van der Waals surface area contributed by atoms with Gasteiger partial charge in [-0.25, -0.2) is 4.79 Å². The third kappa shape index (κ3) is 7.32. The molecule has 0 spiro atoms. The summed E-state index contributed by atoms with van der Waals surface area (Å²) >= 11 is 0. The molecular weight excluding hydrogens is 354 g/mol. The molecule has 0 atom stereocenters. The van der Waals surface area contributed by atoms with Crippen LogP contribution in [0.1, 0.15) is 44.1 Å². The summed E-state index contributed by atoms with van der Waals surface area (Å²) in [7, 11) is 3.77. The van der Waals surface area contributed by atoms with E-state index in [9.17, 15) is 4.79 Å². The molecule has 0 bridgehead atoms. The largest absolute Gasteiger partial charge is 0.493 e. The van der Waals surface area contributed by atoms with E-state index in [0.29, 0.717) is 30.6 Å². The Bertz CT molecular complexity index is 651. The zero-order chi connectivity index (χ0) is 20.2. The number of rotatable bonds is 10. The second kappa shape index (κ2) is 12.1.